The van der Waals surface area contributed by atoms with E-state index in [1.165, 1.54) is 18.5 Å². The summed E-state index contributed by atoms with van der Waals surface area (Å²) in [5.41, 5.74) is 1.47. The standard InChI is InChI=1S/C14H11ClN2O3/c1-9-6-11(3-4-12(9)15)20-14-16-7-10(8-17-14)2-5-13(18)19/h2-8H,1H3,(H,18,19)/b5-2+. The minimum Gasteiger partial charge on any atom is -0.478 e. The Morgan fingerprint density at radius 3 is 2.65 bits per heavy atom. The molecule has 2 rings (SSSR count). The molecule has 102 valence electrons. The fourth-order valence-corrected chi connectivity index (χ4v) is 1.54. The van der Waals surface area contributed by atoms with Gasteiger partial charge in [0, 0.05) is 29.1 Å². The van der Waals surface area contributed by atoms with Crippen LogP contribution in [0.4, 0.5) is 0 Å². The first-order chi connectivity index (χ1) is 9.54. The zero-order valence-electron chi connectivity index (χ0n) is 10.6. The first-order valence-corrected chi connectivity index (χ1v) is 6.09. The lowest BCUT2D eigenvalue weighted by Gasteiger charge is -2.05. The second-order valence-corrected chi connectivity index (χ2v) is 4.39. The maximum Gasteiger partial charge on any atom is 0.328 e. The predicted molar refractivity (Wildman–Crippen MR) is 75.0 cm³/mol. The van der Waals surface area contributed by atoms with Crippen LogP contribution >= 0.6 is 11.6 Å². The van der Waals surface area contributed by atoms with Crippen molar-refractivity contribution in [3.05, 3.63) is 52.8 Å². The number of hydrogen-bond acceptors (Lipinski definition) is 4. The van der Waals surface area contributed by atoms with Crippen LogP contribution in [0.2, 0.25) is 5.02 Å². The SMILES string of the molecule is Cc1cc(Oc2ncc(/C=C/C(=O)O)cn2)ccc1Cl. The molecule has 1 heterocycles. The lowest BCUT2D eigenvalue weighted by molar-refractivity contribution is -0.131. The monoisotopic (exact) mass is 290 g/mol. The van der Waals surface area contributed by atoms with Crippen molar-refractivity contribution in [1.29, 1.82) is 0 Å². The van der Waals surface area contributed by atoms with E-state index in [2.05, 4.69) is 9.97 Å². The van der Waals surface area contributed by atoms with Crippen LogP contribution in [0, 0.1) is 6.92 Å². The van der Waals surface area contributed by atoms with Gasteiger partial charge in [0.15, 0.2) is 0 Å². The summed E-state index contributed by atoms with van der Waals surface area (Å²) in [4.78, 5) is 18.4. The van der Waals surface area contributed by atoms with E-state index in [0.29, 0.717) is 16.3 Å². The molecule has 1 aromatic carbocycles. The fourth-order valence-electron chi connectivity index (χ4n) is 1.42. The Labute approximate surface area is 120 Å². The molecule has 1 aromatic heterocycles. The minimum atomic E-state index is -1.03. The van der Waals surface area contributed by atoms with Crippen LogP contribution in [0.3, 0.4) is 0 Å². The smallest absolute Gasteiger partial charge is 0.328 e. The second-order valence-electron chi connectivity index (χ2n) is 3.98. The van der Waals surface area contributed by atoms with Gasteiger partial charge in [-0.05, 0) is 36.8 Å². The zero-order valence-corrected chi connectivity index (χ0v) is 11.3. The number of nitrogens with zero attached hydrogens (tertiary/aromatic N) is 2. The number of carbonyl (C=O) groups is 1. The number of benzene rings is 1. The van der Waals surface area contributed by atoms with Crippen LogP contribution in [-0.4, -0.2) is 21.0 Å². The summed E-state index contributed by atoms with van der Waals surface area (Å²) in [7, 11) is 0. The molecule has 0 atom stereocenters. The molecule has 0 radical (unpaired) electrons. The van der Waals surface area contributed by atoms with Crippen molar-refractivity contribution in [2.75, 3.05) is 0 Å². The van der Waals surface area contributed by atoms with Crippen molar-refractivity contribution < 1.29 is 14.6 Å². The molecular weight excluding hydrogens is 280 g/mol. The van der Waals surface area contributed by atoms with Crippen molar-refractivity contribution in [3.8, 4) is 11.8 Å². The highest BCUT2D eigenvalue weighted by Gasteiger charge is 2.02. The first kappa shape index (κ1) is 14.0. The van der Waals surface area contributed by atoms with Gasteiger partial charge in [0.25, 0.3) is 0 Å². The lowest BCUT2D eigenvalue weighted by atomic mass is 10.2. The van der Waals surface area contributed by atoms with Crippen LogP contribution < -0.4 is 4.74 Å². The molecule has 1 N–H and O–H groups in total. The summed E-state index contributed by atoms with van der Waals surface area (Å²) >= 11 is 5.92. The van der Waals surface area contributed by atoms with E-state index in [-0.39, 0.29) is 6.01 Å². The van der Waals surface area contributed by atoms with Gasteiger partial charge in [-0.1, -0.05) is 11.6 Å². The van der Waals surface area contributed by atoms with Gasteiger partial charge in [-0.25, -0.2) is 14.8 Å². The maximum absolute atomic E-state index is 10.4. The Morgan fingerprint density at radius 1 is 1.35 bits per heavy atom. The Morgan fingerprint density at radius 2 is 2.05 bits per heavy atom. The Balaban J connectivity index is 2.10. The number of aryl methyl sites for hydroxylation is 1. The van der Waals surface area contributed by atoms with Gasteiger partial charge in [0.05, 0.1) is 0 Å². The molecule has 2 aromatic rings. The van der Waals surface area contributed by atoms with Crippen molar-refractivity contribution in [2.45, 2.75) is 6.92 Å². The number of aromatic nitrogens is 2. The van der Waals surface area contributed by atoms with Crippen LogP contribution in [0.1, 0.15) is 11.1 Å². The number of rotatable bonds is 4. The van der Waals surface area contributed by atoms with Gasteiger partial charge in [-0.3, -0.25) is 0 Å². The van der Waals surface area contributed by atoms with Gasteiger partial charge in [0.2, 0.25) is 0 Å². The highest BCUT2D eigenvalue weighted by molar-refractivity contribution is 6.31. The number of ether oxygens (including phenoxy) is 1. The number of halogens is 1. The van der Waals surface area contributed by atoms with Crippen molar-refractivity contribution >= 4 is 23.6 Å². The third-order valence-corrected chi connectivity index (χ3v) is 2.83. The molecule has 6 heteroatoms. The largest absolute Gasteiger partial charge is 0.478 e. The molecule has 0 aliphatic rings. The summed E-state index contributed by atoms with van der Waals surface area (Å²) in [6, 6.07) is 5.41. The summed E-state index contributed by atoms with van der Waals surface area (Å²) in [6.07, 6.45) is 5.37. The van der Waals surface area contributed by atoms with E-state index < -0.39 is 5.97 Å². The highest BCUT2D eigenvalue weighted by atomic mass is 35.5. The third-order valence-electron chi connectivity index (χ3n) is 2.41. The molecule has 0 amide bonds. The Bertz CT molecular complexity index is 654. The number of aliphatic carboxylic acids is 1. The van der Waals surface area contributed by atoms with E-state index in [1.807, 2.05) is 6.92 Å². The predicted octanol–water partition coefficient (Wildman–Crippen LogP) is 3.33. The lowest BCUT2D eigenvalue weighted by Crippen LogP contribution is -1.93. The normalized spacial score (nSPS) is 10.7. The molecule has 0 fully saturated rings. The minimum absolute atomic E-state index is 0.180. The van der Waals surface area contributed by atoms with Crippen LogP contribution in [-0.2, 0) is 4.79 Å². The maximum atomic E-state index is 10.4. The van der Waals surface area contributed by atoms with Gasteiger partial charge >= 0.3 is 12.0 Å². The zero-order chi connectivity index (χ0) is 14.5. The summed E-state index contributed by atoms with van der Waals surface area (Å²) in [5, 5.41) is 9.17. The average molecular weight is 291 g/mol. The first-order valence-electron chi connectivity index (χ1n) is 5.71. The van der Waals surface area contributed by atoms with E-state index in [9.17, 15) is 4.79 Å². The summed E-state index contributed by atoms with van der Waals surface area (Å²) in [6.45, 7) is 1.87. The van der Waals surface area contributed by atoms with E-state index in [1.54, 1.807) is 18.2 Å². The molecule has 0 spiro atoms. The van der Waals surface area contributed by atoms with Gasteiger partial charge in [-0.2, -0.15) is 0 Å². The highest BCUT2D eigenvalue weighted by Crippen LogP contribution is 2.23. The third kappa shape index (κ3) is 3.80. The number of hydrogen-bond donors (Lipinski definition) is 1. The van der Waals surface area contributed by atoms with E-state index >= 15 is 0 Å². The van der Waals surface area contributed by atoms with Crippen LogP contribution in [0.15, 0.2) is 36.7 Å². The van der Waals surface area contributed by atoms with Crippen LogP contribution in [0.5, 0.6) is 11.8 Å². The molecular formula is C14H11ClN2O3. The van der Waals surface area contributed by atoms with Gasteiger partial charge in [-0.15, -0.1) is 0 Å². The van der Waals surface area contributed by atoms with Crippen LogP contribution in [0.25, 0.3) is 6.08 Å². The molecule has 20 heavy (non-hydrogen) atoms. The molecule has 0 saturated carbocycles. The number of carboxylic acids is 1. The number of carboxylic acid groups (broad SMARTS) is 1. The van der Waals surface area contributed by atoms with Gasteiger partial charge < -0.3 is 9.84 Å². The van der Waals surface area contributed by atoms with Crippen molar-refractivity contribution in [1.82, 2.24) is 9.97 Å². The molecule has 0 aliphatic heterocycles. The van der Waals surface area contributed by atoms with E-state index in [4.69, 9.17) is 21.4 Å². The van der Waals surface area contributed by atoms with Gasteiger partial charge in [0.1, 0.15) is 5.75 Å². The summed E-state index contributed by atoms with van der Waals surface area (Å²) in [5.74, 6) is -0.442. The quantitative estimate of drug-likeness (QED) is 0.874. The Hall–Kier alpha value is -2.40. The van der Waals surface area contributed by atoms with E-state index in [0.717, 1.165) is 11.6 Å². The fraction of sp³-hybridized carbons (Fsp3) is 0.0714. The molecule has 0 bridgehead atoms. The molecule has 0 unspecified atom stereocenters. The van der Waals surface area contributed by atoms with Crippen molar-refractivity contribution in [2.24, 2.45) is 0 Å². The summed E-state index contributed by atoms with van der Waals surface area (Å²) < 4.78 is 5.47. The topological polar surface area (TPSA) is 72.3 Å². The average Bonchev–Trinajstić information content (AvgIpc) is 2.42. The van der Waals surface area contributed by atoms with Crippen molar-refractivity contribution in [3.63, 3.8) is 0 Å². The molecule has 5 nitrogen and oxygen atoms in total. The molecule has 0 saturated heterocycles. The molecule has 0 aliphatic carbocycles. The second kappa shape index (κ2) is 6.16. The Kier molecular flexibility index (Phi) is 4.32.